The van der Waals surface area contributed by atoms with Crippen LogP contribution in [0.3, 0.4) is 0 Å². The first-order valence-electron chi connectivity index (χ1n) is 9.65. The normalized spacial score (nSPS) is 12.3. The molecule has 1 nitrogen and oxygen atoms in total. The molecule has 6 aromatic rings. The highest BCUT2D eigenvalue weighted by molar-refractivity contribution is 6.34. The minimum Gasteiger partial charge on any atom is -0.256 e. The topological polar surface area (TPSA) is 12.9 Å². The van der Waals surface area contributed by atoms with Gasteiger partial charge in [0.25, 0.3) is 0 Å². The summed E-state index contributed by atoms with van der Waals surface area (Å²) in [6.45, 7) is 0. The van der Waals surface area contributed by atoms with Crippen LogP contribution in [0.25, 0.3) is 65.5 Å². The van der Waals surface area contributed by atoms with Crippen LogP contribution in [0.15, 0.2) is 91.1 Å². The van der Waals surface area contributed by atoms with E-state index in [4.69, 9.17) is 0 Å². The molecule has 0 fully saturated rings. The lowest BCUT2D eigenvalue weighted by molar-refractivity contribution is 1.41. The lowest BCUT2D eigenvalue weighted by atomic mass is 9.93. The van der Waals surface area contributed by atoms with E-state index >= 15 is 0 Å². The van der Waals surface area contributed by atoms with Gasteiger partial charge in [0.15, 0.2) is 0 Å². The number of fused-ring (bicyclic) bond motifs is 2. The second-order valence-electron chi connectivity index (χ2n) is 7.63. The first kappa shape index (κ1) is 14.4. The summed E-state index contributed by atoms with van der Waals surface area (Å²) in [5.74, 6) is 0. The third-order valence-corrected chi connectivity index (χ3v) is 6.21. The van der Waals surface area contributed by atoms with Crippen LogP contribution < -0.4 is 0 Å². The molecule has 0 aliphatic heterocycles. The van der Waals surface area contributed by atoms with E-state index in [1.807, 2.05) is 12.3 Å². The van der Waals surface area contributed by atoms with E-state index in [9.17, 15) is 0 Å². The number of hydrogen-bond acceptors (Lipinski definition) is 1. The van der Waals surface area contributed by atoms with Crippen molar-refractivity contribution in [3.8, 4) is 22.3 Å². The summed E-state index contributed by atoms with van der Waals surface area (Å²) in [5, 5.41) is 9.37. The Bertz CT molecular complexity index is 1610. The van der Waals surface area contributed by atoms with Crippen molar-refractivity contribution in [3.63, 3.8) is 0 Å². The van der Waals surface area contributed by atoms with E-state index in [2.05, 4.69) is 83.8 Å². The van der Waals surface area contributed by atoms with Gasteiger partial charge >= 0.3 is 0 Å². The van der Waals surface area contributed by atoms with Crippen LogP contribution in [-0.4, -0.2) is 4.98 Å². The molecule has 1 heteroatoms. The molecule has 1 heterocycles. The van der Waals surface area contributed by atoms with Crippen molar-refractivity contribution in [2.75, 3.05) is 0 Å². The van der Waals surface area contributed by atoms with Crippen molar-refractivity contribution < 1.29 is 0 Å². The zero-order valence-electron chi connectivity index (χ0n) is 15.1. The molecule has 1 aromatic heterocycles. The summed E-state index contributed by atoms with van der Waals surface area (Å²) >= 11 is 0. The fraction of sp³-hybridized carbons (Fsp3) is 0. The van der Waals surface area contributed by atoms with Crippen molar-refractivity contribution in [1.82, 2.24) is 4.98 Å². The molecular weight excluding hydrogens is 338 g/mol. The Balaban J connectivity index is 1.63. The highest BCUT2D eigenvalue weighted by atomic mass is 14.6. The fourth-order valence-corrected chi connectivity index (χ4v) is 4.98. The molecular formula is C27H15N. The molecule has 28 heavy (non-hydrogen) atoms. The Morgan fingerprint density at radius 1 is 0.500 bits per heavy atom. The van der Waals surface area contributed by atoms with Crippen LogP contribution in [-0.2, 0) is 0 Å². The first-order chi connectivity index (χ1) is 13.9. The summed E-state index contributed by atoms with van der Waals surface area (Å²) in [5.41, 5.74) is 6.30. The fourth-order valence-electron chi connectivity index (χ4n) is 4.98. The Kier molecular flexibility index (Phi) is 2.54. The highest BCUT2D eigenvalue weighted by Gasteiger charge is 2.21. The van der Waals surface area contributed by atoms with Gasteiger partial charge in [0.05, 0.1) is 5.52 Å². The van der Waals surface area contributed by atoms with Crippen LogP contribution in [0.4, 0.5) is 0 Å². The Morgan fingerprint density at radius 2 is 1.29 bits per heavy atom. The molecule has 7 rings (SSSR count). The molecule has 0 N–H and O–H groups in total. The number of aromatic nitrogens is 1. The number of pyridine rings is 1. The van der Waals surface area contributed by atoms with E-state index in [0.29, 0.717) is 0 Å². The van der Waals surface area contributed by atoms with E-state index in [1.54, 1.807) is 0 Å². The van der Waals surface area contributed by atoms with Gasteiger partial charge in [0, 0.05) is 11.6 Å². The summed E-state index contributed by atoms with van der Waals surface area (Å²) in [7, 11) is 0. The molecule has 1 aliphatic rings. The SMILES string of the molecule is c1cnc2ccc(-c3ccc4c5c3ccc3ccc6cccc-4c6c35)cc2c1. The van der Waals surface area contributed by atoms with Crippen molar-refractivity contribution >= 4 is 43.2 Å². The molecule has 0 atom stereocenters. The second-order valence-corrected chi connectivity index (χ2v) is 7.63. The van der Waals surface area contributed by atoms with Crippen molar-refractivity contribution in [2.45, 2.75) is 0 Å². The minimum absolute atomic E-state index is 1.04. The van der Waals surface area contributed by atoms with E-state index < -0.39 is 0 Å². The van der Waals surface area contributed by atoms with Crippen LogP contribution in [0.5, 0.6) is 0 Å². The zero-order valence-corrected chi connectivity index (χ0v) is 15.1. The molecule has 0 amide bonds. The van der Waals surface area contributed by atoms with Crippen LogP contribution >= 0.6 is 0 Å². The third-order valence-electron chi connectivity index (χ3n) is 6.21. The number of benzene rings is 5. The van der Waals surface area contributed by atoms with Gasteiger partial charge in [-0.15, -0.1) is 0 Å². The molecule has 0 radical (unpaired) electrons. The van der Waals surface area contributed by atoms with E-state index in [1.165, 1.54) is 60.0 Å². The highest BCUT2D eigenvalue weighted by Crippen LogP contribution is 2.49. The van der Waals surface area contributed by atoms with Gasteiger partial charge in [-0.05, 0) is 72.8 Å². The predicted octanol–water partition coefficient (Wildman–Crippen LogP) is 7.34. The smallest absolute Gasteiger partial charge is 0.0702 e. The summed E-state index contributed by atoms with van der Waals surface area (Å²) in [4.78, 5) is 4.46. The average molecular weight is 353 g/mol. The van der Waals surface area contributed by atoms with Gasteiger partial charge in [-0.1, -0.05) is 66.7 Å². The van der Waals surface area contributed by atoms with Crippen molar-refractivity contribution in [1.29, 1.82) is 0 Å². The molecule has 128 valence electrons. The van der Waals surface area contributed by atoms with Gasteiger partial charge in [-0.2, -0.15) is 0 Å². The Hall–Kier alpha value is -3.71. The molecule has 0 saturated heterocycles. The maximum atomic E-state index is 4.46. The first-order valence-corrected chi connectivity index (χ1v) is 9.65. The number of nitrogens with zero attached hydrogens (tertiary/aromatic N) is 1. The Labute approximate surface area is 161 Å². The van der Waals surface area contributed by atoms with Crippen LogP contribution in [0.2, 0.25) is 0 Å². The van der Waals surface area contributed by atoms with Crippen LogP contribution in [0, 0.1) is 0 Å². The molecule has 1 aliphatic carbocycles. The van der Waals surface area contributed by atoms with Gasteiger partial charge in [-0.3, -0.25) is 4.98 Å². The van der Waals surface area contributed by atoms with Gasteiger partial charge in [-0.25, -0.2) is 0 Å². The third kappa shape index (κ3) is 1.69. The second kappa shape index (κ2) is 4.96. The molecule has 0 spiro atoms. The maximum Gasteiger partial charge on any atom is 0.0702 e. The summed E-state index contributed by atoms with van der Waals surface area (Å²) in [6.07, 6.45) is 1.85. The van der Waals surface area contributed by atoms with Gasteiger partial charge in [0.2, 0.25) is 0 Å². The zero-order chi connectivity index (χ0) is 18.2. The molecule has 5 aromatic carbocycles. The van der Waals surface area contributed by atoms with E-state index in [-0.39, 0.29) is 0 Å². The van der Waals surface area contributed by atoms with Crippen molar-refractivity contribution in [3.05, 3.63) is 91.1 Å². The van der Waals surface area contributed by atoms with E-state index in [0.717, 1.165) is 5.52 Å². The quantitative estimate of drug-likeness (QED) is 0.281. The van der Waals surface area contributed by atoms with Gasteiger partial charge < -0.3 is 0 Å². The molecule has 0 bridgehead atoms. The largest absolute Gasteiger partial charge is 0.256 e. The average Bonchev–Trinajstić information content (AvgIpc) is 3.11. The van der Waals surface area contributed by atoms with Crippen LogP contribution in [0.1, 0.15) is 0 Å². The maximum absolute atomic E-state index is 4.46. The molecule has 0 unspecified atom stereocenters. The van der Waals surface area contributed by atoms with Gasteiger partial charge in [0.1, 0.15) is 0 Å². The minimum atomic E-state index is 1.04. The number of hydrogen-bond donors (Lipinski definition) is 0. The lowest BCUT2D eigenvalue weighted by Crippen LogP contribution is -1.85. The Morgan fingerprint density at radius 3 is 2.25 bits per heavy atom. The summed E-state index contributed by atoms with van der Waals surface area (Å²) < 4.78 is 0. The number of rotatable bonds is 1. The van der Waals surface area contributed by atoms with Crippen molar-refractivity contribution in [2.24, 2.45) is 0 Å². The standard InChI is InChI=1S/C27H15N/c1-3-16-6-7-17-8-10-22-20(18-9-13-24-19(15-18)4-2-14-28-24)11-12-23-21(5-1)25(16)26(17)27(22)23/h1-15H. The predicted molar refractivity (Wildman–Crippen MR) is 119 cm³/mol. The lowest BCUT2D eigenvalue weighted by Gasteiger charge is -2.11. The monoisotopic (exact) mass is 353 g/mol. The summed E-state index contributed by atoms with van der Waals surface area (Å²) in [6, 6.07) is 31.0. The molecule has 0 saturated carbocycles.